The molecule has 0 unspecified atom stereocenters. The molecule has 122 valence electrons. The van der Waals surface area contributed by atoms with Gasteiger partial charge in [-0.15, -0.1) is 11.3 Å². The van der Waals surface area contributed by atoms with E-state index in [0.717, 1.165) is 35.8 Å². The maximum absolute atomic E-state index is 12.1. The fourth-order valence-corrected chi connectivity index (χ4v) is 3.59. The smallest absolute Gasteiger partial charge is 0.315 e. The van der Waals surface area contributed by atoms with Crippen LogP contribution in [0.3, 0.4) is 0 Å². The van der Waals surface area contributed by atoms with Crippen molar-refractivity contribution in [3.05, 3.63) is 46.4 Å². The van der Waals surface area contributed by atoms with Gasteiger partial charge in [-0.2, -0.15) is 0 Å². The topological polar surface area (TPSA) is 57.3 Å². The number of amides is 2. The lowest BCUT2D eigenvalue weighted by molar-refractivity contribution is 0.234. The first-order chi connectivity index (χ1) is 11.2. The maximum atomic E-state index is 12.1. The molecule has 2 aromatic rings. The average Bonchev–Trinajstić information content (AvgIpc) is 3.00. The van der Waals surface area contributed by atoms with E-state index in [4.69, 9.17) is 0 Å². The molecular weight excluding hydrogens is 308 g/mol. The van der Waals surface area contributed by atoms with E-state index in [9.17, 15) is 4.79 Å². The third kappa shape index (κ3) is 4.45. The molecule has 3 rings (SSSR count). The van der Waals surface area contributed by atoms with E-state index < -0.39 is 0 Å². The Kier molecular flexibility index (Phi) is 5.12. The van der Waals surface area contributed by atoms with E-state index in [1.54, 1.807) is 11.3 Å². The molecule has 0 aliphatic carbocycles. The molecule has 0 saturated carbocycles. The van der Waals surface area contributed by atoms with Gasteiger partial charge < -0.3 is 15.5 Å². The Labute approximate surface area is 140 Å². The first-order valence-corrected chi connectivity index (χ1v) is 8.78. The summed E-state index contributed by atoms with van der Waals surface area (Å²) in [7, 11) is 0. The Balaban J connectivity index is 1.48. The van der Waals surface area contributed by atoms with Crippen molar-refractivity contribution in [2.45, 2.75) is 32.4 Å². The minimum atomic E-state index is -0.101. The highest BCUT2D eigenvalue weighted by molar-refractivity contribution is 7.11. The van der Waals surface area contributed by atoms with Crippen LogP contribution >= 0.6 is 11.3 Å². The second-order valence-electron chi connectivity index (χ2n) is 5.79. The molecule has 2 N–H and O–H groups in total. The first kappa shape index (κ1) is 15.8. The molecule has 0 bridgehead atoms. The quantitative estimate of drug-likeness (QED) is 0.906. The molecule has 5 nitrogen and oxygen atoms in total. The Morgan fingerprint density at radius 3 is 2.96 bits per heavy atom. The third-order valence-electron chi connectivity index (χ3n) is 3.97. The van der Waals surface area contributed by atoms with Crippen molar-refractivity contribution in [1.82, 2.24) is 15.6 Å². The summed E-state index contributed by atoms with van der Waals surface area (Å²) in [6, 6.07) is 10.5. The van der Waals surface area contributed by atoms with Crippen LogP contribution in [0.5, 0.6) is 0 Å². The molecular formula is C17H22N4OS. The number of urea groups is 1. The number of piperidine rings is 1. The number of carbonyl (C=O) groups excluding carboxylic acids is 1. The van der Waals surface area contributed by atoms with E-state index in [0.29, 0.717) is 6.54 Å². The van der Waals surface area contributed by atoms with Gasteiger partial charge in [0.2, 0.25) is 0 Å². The zero-order chi connectivity index (χ0) is 16.1. The number of hydrogen-bond donors (Lipinski definition) is 2. The predicted octanol–water partition coefficient (Wildman–Crippen LogP) is 2.92. The fourth-order valence-electron chi connectivity index (χ4n) is 2.86. The van der Waals surface area contributed by atoms with Crippen LogP contribution in [0, 0.1) is 6.92 Å². The molecule has 0 spiro atoms. The van der Waals surface area contributed by atoms with Gasteiger partial charge in [0, 0.05) is 35.9 Å². The second-order valence-corrected chi connectivity index (χ2v) is 7.11. The van der Waals surface area contributed by atoms with Crippen LogP contribution < -0.4 is 15.5 Å². The predicted molar refractivity (Wildman–Crippen MR) is 93.9 cm³/mol. The minimum Gasteiger partial charge on any atom is -0.369 e. The number of benzene rings is 1. The van der Waals surface area contributed by atoms with Gasteiger partial charge in [-0.05, 0) is 31.9 Å². The Morgan fingerprint density at radius 1 is 1.39 bits per heavy atom. The lowest BCUT2D eigenvalue weighted by atomic mass is 10.1. The van der Waals surface area contributed by atoms with Crippen LogP contribution in [0.25, 0.3) is 0 Å². The van der Waals surface area contributed by atoms with Gasteiger partial charge >= 0.3 is 6.03 Å². The molecule has 1 aliphatic rings. The maximum Gasteiger partial charge on any atom is 0.315 e. The summed E-state index contributed by atoms with van der Waals surface area (Å²) in [4.78, 5) is 19.7. The van der Waals surface area contributed by atoms with Crippen LogP contribution in [0.2, 0.25) is 0 Å². The summed E-state index contributed by atoms with van der Waals surface area (Å²) in [6.45, 7) is 4.40. The molecule has 1 aliphatic heterocycles. The van der Waals surface area contributed by atoms with Gasteiger partial charge in [-0.1, -0.05) is 18.2 Å². The highest BCUT2D eigenvalue weighted by Crippen LogP contribution is 2.19. The minimum absolute atomic E-state index is 0.101. The Hall–Kier alpha value is -2.08. The number of nitrogens with one attached hydrogen (secondary N) is 2. The van der Waals surface area contributed by atoms with Crippen molar-refractivity contribution in [2.75, 3.05) is 18.0 Å². The molecule has 2 amide bonds. The van der Waals surface area contributed by atoms with Crippen LogP contribution in [0.15, 0.2) is 36.5 Å². The molecule has 23 heavy (non-hydrogen) atoms. The SMILES string of the molecule is Cc1ncc(CNC(=O)N[C@H]2CCCN(c3ccccc3)C2)s1. The van der Waals surface area contributed by atoms with Gasteiger partial charge in [0.15, 0.2) is 0 Å². The van der Waals surface area contributed by atoms with Crippen molar-refractivity contribution in [3.8, 4) is 0 Å². The second kappa shape index (κ2) is 7.46. The largest absolute Gasteiger partial charge is 0.369 e. The lowest BCUT2D eigenvalue weighted by Gasteiger charge is -2.34. The number of nitrogens with zero attached hydrogens (tertiary/aromatic N) is 2. The number of thiazole rings is 1. The highest BCUT2D eigenvalue weighted by atomic mass is 32.1. The van der Waals surface area contributed by atoms with E-state index in [1.165, 1.54) is 5.69 Å². The molecule has 6 heteroatoms. The zero-order valence-corrected chi connectivity index (χ0v) is 14.1. The summed E-state index contributed by atoms with van der Waals surface area (Å²) in [5, 5.41) is 7.03. The van der Waals surface area contributed by atoms with Crippen molar-refractivity contribution in [3.63, 3.8) is 0 Å². The van der Waals surface area contributed by atoms with Crippen LogP contribution in [0.1, 0.15) is 22.7 Å². The Bertz CT molecular complexity index is 643. The number of rotatable bonds is 4. The van der Waals surface area contributed by atoms with Crippen molar-refractivity contribution in [1.29, 1.82) is 0 Å². The molecule has 1 atom stereocenters. The first-order valence-electron chi connectivity index (χ1n) is 7.96. The lowest BCUT2D eigenvalue weighted by Crippen LogP contribution is -2.50. The summed E-state index contributed by atoms with van der Waals surface area (Å²) < 4.78 is 0. The van der Waals surface area contributed by atoms with Crippen LogP contribution in [-0.2, 0) is 6.54 Å². The van der Waals surface area contributed by atoms with Crippen molar-refractivity contribution in [2.24, 2.45) is 0 Å². The number of para-hydroxylation sites is 1. The molecule has 1 aromatic heterocycles. The number of hydrogen-bond acceptors (Lipinski definition) is 4. The van der Waals surface area contributed by atoms with E-state index in [-0.39, 0.29) is 12.1 Å². The summed E-state index contributed by atoms with van der Waals surface area (Å²) in [5.74, 6) is 0. The standard InChI is InChI=1S/C17H22N4OS/c1-13-18-10-16(23-13)11-19-17(22)20-14-6-5-9-21(12-14)15-7-3-2-4-8-15/h2-4,7-8,10,14H,5-6,9,11-12H2,1H3,(H2,19,20,22)/t14-/m0/s1. The number of aryl methyl sites for hydroxylation is 1. The number of aromatic nitrogens is 1. The van der Waals surface area contributed by atoms with E-state index in [1.807, 2.05) is 19.2 Å². The number of carbonyl (C=O) groups is 1. The van der Waals surface area contributed by atoms with Gasteiger partial charge in [-0.25, -0.2) is 9.78 Å². The summed E-state index contributed by atoms with van der Waals surface area (Å²) in [6.07, 6.45) is 3.93. The van der Waals surface area contributed by atoms with Crippen LogP contribution in [-0.4, -0.2) is 30.1 Å². The molecule has 2 heterocycles. The highest BCUT2D eigenvalue weighted by Gasteiger charge is 2.21. The molecule has 1 fully saturated rings. The molecule has 1 saturated heterocycles. The van der Waals surface area contributed by atoms with Gasteiger partial charge in [-0.3, -0.25) is 0 Å². The van der Waals surface area contributed by atoms with Crippen LogP contribution in [0.4, 0.5) is 10.5 Å². The fraction of sp³-hybridized carbons (Fsp3) is 0.412. The third-order valence-corrected chi connectivity index (χ3v) is 4.88. The Morgan fingerprint density at radius 2 is 2.22 bits per heavy atom. The summed E-state index contributed by atoms with van der Waals surface area (Å²) in [5.41, 5.74) is 1.22. The van der Waals surface area contributed by atoms with E-state index >= 15 is 0 Å². The molecule has 1 aromatic carbocycles. The van der Waals surface area contributed by atoms with Gasteiger partial charge in [0.25, 0.3) is 0 Å². The van der Waals surface area contributed by atoms with Crippen molar-refractivity contribution < 1.29 is 4.79 Å². The zero-order valence-electron chi connectivity index (χ0n) is 13.3. The number of anilines is 1. The van der Waals surface area contributed by atoms with E-state index in [2.05, 4.69) is 44.8 Å². The van der Waals surface area contributed by atoms with Gasteiger partial charge in [0.05, 0.1) is 11.6 Å². The summed E-state index contributed by atoms with van der Waals surface area (Å²) >= 11 is 1.61. The normalized spacial score (nSPS) is 17.8. The van der Waals surface area contributed by atoms with Gasteiger partial charge in [0.1, 0.15) is 0 Å². The average molecular weight is 330 g/mol. The molecule has 0 radical (unpaired) electrons. The monoisotopic (exact) mass is 330 g/mol. The van der Waals surface area contributed by atoms with Crippen molar-refractivity contribution >= 4 is 23.1 Å².